The van der Waals surface area contributed by atoms with E-state index in [1.165, 1.54) is 19.2 Å². The van der Waals surface area contributed by atoms with Crippen molar-refractivity contribution in [3.63, 3.8) is 0 Å². The highest BCUT2D eigenvalue weighted by atomic mass is 16.6. The van der Waals surface area contributed by atoms with Crippen molar-refractivity contribution in [2.24, 2.45) is 0 Å². The minimum atomic E-state index is -0.696. The van der Waals surface area contributed by atoms with Gasteiger partial charge in [-0.25, -0.2) is 9.59 Å². The van der Waals surface area contributed by atoms with Gasteiger partial charge >= 0.3 is 11.9 Å². The molecule has 0 aromatic heterocycles. The lowest BCUT2D eigenvalue weighted by Gasteiger charge is -2.10. The van der Waals surface area contributed by atoms with E-state index in [0.717, 1.165) is 0 Å². The van der Waals surface area contributed by atoms with Gasteiger partial charge in [0, 0.05) is 5.69 Å². The van der Waals surface area contributed by atoms with Crippen LogP contribution in [0.2, 0.25) is 0 Å². The number of hydrogen-bond acceptors (Lipinski definition) is 7. The topological polar surface area (TPSA) is 100 Å². The monoisotopic (exact) mass is 401 g/mol. The van der Waals surface area contributed by atoms with Gasteiger partial charge in [-0.05, 0) is 50.2 Å². The third-order valence-corrected chi connectivity index (χ3v) is 3.53. The number of para-hydroxylation sites is 2. The molecular formula is C21H23NO7. The summed E-state index contributed by atoms with van der Waals surface area (Å²) in [5.74, 6) is -0.779. The maximum Gasteiger partial charge on any atom is 0.344 e. The molecule has 29 heavy (non-hydrogen) atoms. The zero-order chi connectivity index (χ0) is 21.2. The third-order valence-electron chi connectivity index (χ3n) is 3.53. The predicted molar refractivity (Wildman–Crippen MR) is 105 cm³/mol. The summed E-state index contributed by atoms with van der Waals surface area (Å²) in [5, 5.41) is 2.57. The Hall–Kier alpha value is -3.55. The molecule has 2 rings (SSSR count). The Morgan fingerprint density at radius 1 is 0.931 bits per heavy atom. The molecule has 0 heterocycles. The first kappa shape index (κ1) is 21.7. The number of carbonyl (C=O) groups is 3. The van der Waals surface area contributed by atoms with Crippen LogP contribution in [0.1, 0.15) is 24.2 Å². The average Bonchev–Trinajstić information content (AvgIpc) is 2.71. The Morgan fingerprint density at radius 2 is 1.59 bits per heavy atom. The minimum Gasteiger partial charge on any atom is -0.493 e. The van der Waals surface area contributed by atoms with E-state index in [4.69, 9.17) is 18.9 Å². The summed E-state index contributed by atoms with van der Waals surface area (Å²) in [6.45, 7) is 2.69. The van der Waals surface area contributed by atoms with Gasteiger partial charge in [-0.2, -0.15) is 0 Å². The lowest BCUT2D eigenvalue weighted by Crippen LogP contribution is -2.23. The van der Waals surface area contributed by atoms with Crippen LogP contribution < -0.4 is 14.8 Å². The van der Waals surface area contributed by atoms with Crippen LogP contribution in [-0.4, -0.2) is 44.3 Å². The van der Waals surface area contributed by atoms with E-state index in [9.17, 15) is 14.4 Å². The van der Waals surface area contributed by atoms with Gasteiger partial charge in [0.1, 0.15) is 0 Å². The molecule has 1 N–H and O–H groups in total. The summed E-state index contributed by atoms with van der Waals surface area (Å²) in [4.78, 5) is 35.5. The highest BCUT2D eigenvalue weighted by molar-refractivity contribution is 5.94. The summed E-state index contributed by atoms with van der Waals surface area (Å²) >= 11 is 0. The molecule has 0 radical (unpaired) electrons. The maximum atomic E-state index is 11.9. The largest absolute Gasteiger partial charge is 0.493 e. The van der Waals surface area contributed by atoms with Crippen molar-refractivity contribution in [2.45, 2.75) is 20.0 Å². The number of anilines is 1. The van der Waals surface area contributed by atoms with Gasteiger partial charge in [0.2, 0.25) is 0 Å². The van der Waals surface area contributed by atoms with Gasteiger partial charge in [0.15, 0.2) is 24.7 Å². The molecule has 8 nitrogen and oxygen atoms in total. The number of ether oxygens (including phenoxy) is 4. The third kappa shape index (κ3) is 7.17. The molecule has 0 fully saturated rings. The predicted octanol–water partition coefficient (Wildman–Crippen LogP) is 2.82. The number of methoxy groups -OCH3 is 1. The van der Waals surface area contributed by atoms with Gasteiger partial charge in [-0.1, -0.05) is 12.1 Å². The second-order valence-electron chi connectivity index (χ2n) is 6.18. The number of benzene rings is 2. The summed E-state index contributed by atoms with van der Waals surface area (Å²) in [6.07, 6.45) is -0.219. The van der Waals surface area contributed by atoms with Gasteiger partial charge < -0.3 is 24.3 Å². The lowest BCUT2D eigenvalue weighted by atomic mass is 10.2. The summed E-state index contributed by atoms with van der Waals surface area (Å²) in [5.41, 5.74) is 0.828. The molecule has 0 spiro atoms. The molecule has 0 aliphatic rings. The second-order valence-corrected chi connectivity index (χ2v) is 6.18. The van der Waals surface area contributed by atoms with Crippen molar-refractivity contribution in [1.82, 2.24) is 0 Å². The van der Waals surface area contributed by atoms with Crippen molar-refractivity contribution in [2.75, 3.05) is 25.6 Å². The number of rotatable bonds is 9. The first-order valence-electron chi connectivity index (χ1n) is 8.91. The Labute approximate surface area is 168 Å². The molecular weight excluding hydrogens is 378 g/mol. The second kappa shape index (κ2) is 10.7. The van der Waals surface area contributed by atoms with Crippen LogP contribution in [0, 0.1) is 0 Å². The van der Waals surface area contributed by atoms with E-state index in [1.807, 2.05) is 0 Å². The standard InChI is InChI=1S/C21H23NO7/c1-14(2)29-21(25)15-8-10-16(11-9-15)22-19(23)12-28-20(24)13-27-18-7-5-4-6-17(18)26-3/h4-11,14H,12-13H2,1-3H3,(H,22,23). The van der Waals surface area contributed by atoms with Crippen LogP contribution >= 0.6 is 0 Å². The van der Waals surface area contributed by atoms with Crippen LogP contribution in [0.4, 0.5) is 5.69 Å². The fraction of sp³-hybridized carbons (Fsp3) is 0.286. The van der Waals surface area contributed by atoms with Crippen LogP contribution in [0.15, 0.2) is 48.5 Å². The Balaban J connectivity index is 1.76. The number of hydrogen-bond donors (Lipinski definition) is 1. The molecule has 0 saturated carbocycles. The molecule has 2 aromatic carbocycles. The molecule has 8 heteroatoms. The van der Waals surface area contributed by atoms with Crippen LogP contribution in [0.5, 0.6) is 11.5 Å². The Bertz CT molecular complexity index is 846. The molecule has 0 unspecified atom stereocenters. The Morgan fingerprint density at radius 3 is 2.21 bits per heavy atom. The Kier molecular flexibility index (Phi) is 8.02. The summed E-state index contributed by atoms with van der Waals surface area (Å²) < 4.78 is 20.4. The number of amides is 1. The fourth-order valence-electron chi connectivity index (χ4n) is 2.23. The molecule has 2 aromatic rings. The average molecular weight is 401 g/mol. The van der Waals surface area contributed by atoms with Crippen LogP contribution in [-0.2, 0) is 19.1 Å². The molecule has 1 amide bonds. The van der Waals surface area contributed by atoms with Crippen LogP contribution in [0.3, 0.4) is 0 Å². The van der Waals surface area contributed by atoms with Crippen molar-refractivity contribution < 1.29 is 33.3 Å². The van der Waals surface area contributed by atoms with E-state index in [2.05, 4.69) is 5.32 Å². The first-order chi connectivity index (χ1) is 13.9. The molecule has 154 valence electrons. The summed E-state index contributed by atoms with van der Waals surface area (Å²) in [6, 6.07) is 13.0. The highest BCUT2D eigenvalue weighted by Crippen LogP contribution is 2.25. The van der Waals surface area contributed by atoms with E-state index in [0.29, 0.717) is 22.7 Å². The first-order valence-corrected chi connectivity index (χ1v) is 8.91. The smallest absolute Gasteiger partial charge is 0.344 e. The zero-order valence-corrected chi connectivity index (χ0v) is 16.5. The quantitative estimate of drug-likeness (QED) is 0.645. The van der Waals surface area contributed by atoms with E-state index in [-0.39, 0.29) is 12.7 Å². The molecule has 0 aliphatic carbocycles. The molecule has 0 atom stereocenters. The zero-order valence-electron chi connectivity index (χ0n) is 16.5. The van der Waals surface area contributed by atoms with Crippen molar-refractivity contribution in [1.29, 1.82) is 0 Å². The number of nitrogens with one attached hydrogen (secondary N) is 1. The van der Waals surface area contributed by atoms with Gasteiger partial charge in [0.05, 0.1) is 18.8 Å². The van der Waals surface area contributed by atoms with E-state index >= 15 is 0 Å². The van der Waals surface area contributed by atoms with Crippen molar-refractivity contribution >= 4 is 23.5 Å². The summed E-state index contributed by atoms with van der Waals surface area (Å²) in [7, 11) is 1.49. The van der Waals surface area contributed by atoms with Crippen molar-refractivity contribution in [3.05, 3.63) is 54.1 Å². The van der Waals surface area contributed by atoms with E-state index < -0.39 is 24.5 Å². The fourth-order valence-corrected chi connectivity index (χ4v) is 2.23. The lowest BCUT2D eigenvalue weighted by molar-refractivity contribution is -0.149. The van der Waals surface area contributed by atoms with Crippen LogP contribution in [0.25, 0.3) is 0 Å². The van der Waals surface area contributed by atoms with Gasteiger partial charge in [-0.3, -0.25) is 4.79 Å². The minimum absolute atomic E-state index is 0.219. The maximum absolute atomic E-state index is 11.9. The highest BCUT2D eigenvalue weighted by Gasteiger charge is 2.12. The molecule has 0 bridgehead atoms. The van der Waals surface area contributed by atoms with Gasteiger partial charge in [0.25, 0.3) is 5.91 Å². The number of carbonyl (C=O) groups excluding carboxylic acids is 3. The van der Waals surface area contributed by atoms with Gasteiger partial charge in [-0.15, -0.1) is 0 Å². The number of esters is 2. The van der Waals surface area contributed by atoms with Crippen molar-refractivity contribution in [3.8, 4) is 11.5 Å². The van der Waals surface area contributed by atoms with E-state index in [1.54, 1.807) is 50.2 Å². The normalized spacial score (nSPS) is 10.2. The molecule has 0 aliphatic heterocycles. The molecule has 0 saturated heterocycles. The SMILES string of the molecule is COc1ccccc1OCC(=O)OCC(=O)Nc1ccc(C(=O)OC(C)C)cc1.